The van der Waals surface area contributed by atoms with Crippen molar-refractivity contribution >= 4 is 5.97 Å². The third kappa shape index (κ3) is 5.34. The zero-order valence-electron chi connectivity index (χ0n) is 16.4. The molecular formula is C22H26O6. The summed E-state index contributed by atoms with van der Waals surface area (Å²) in [5.41, 5.74) is 1.42. The lowest BCUT2D eigenvalue weighted by Gasteiger charge is -2.29. The fraction of sp³-hybridized carbons (Fsp3) is 0.318. The Labute approximate surface area is 165 Å². The summed E-state index contributed by atoms with van der Waals surface area (Å²) in [4.78, 5) is 12.1. The molecule has 0 aromatic heterocycles. The number of hydrogen-bond donors (Lipinski definition) is 0. The zero-order chi connectivity index (χ0) is 20.4. The second-order valence-corrected chi connectivity index (χ2v) is 5.83. The molecule has 0 radical (unpaired) electrons. The highest BCUT2D eigenvalue weighted by Crippen LogP contribution is 2.42. The van der Waals surface area contributed by atoms with Gasteiger partial charge in [-0.05, 0) is 12.1 Å². The van der Waals surface area contributed by atoms with Gasteiger partial charge in [0, 0.05) is 24.3 Å². The molecule has 0 aliphatic rings. The van der Waals surface area contributed by atoms with Crippen molar-refractivity contribution in [1.29, 1.82) is 0 Å². The monoisotopic (exact) mass is 386 g/mol. The van der Waals surface area contributed by atoms with E-state index in [1.54, 1.807) is 27.4 Å². The Bertz CT molecular complexity index is 773. The summed E-state index contributed by atoms with van der Waals surface area (Å²) < 4.78 is 27.9. The zero-order valence-corrected chi connectivity index (χ0v) is 16.4. The smallest absolute Gasteiger partial charge is 0.330 e. The molecule has 28 heavy (non-hydrogen) atoms. The average molecular weight is 386 g/mol. The average Bonchev–Trinajstić information content (AvgIpc) is 2.75. The lowest BCUT2D eigenvalue weighted by Crippen LogP contribution is -2.22. The van der Waals surface area contributed by atoms with Crippen LogP contribution in [0.2, 0.25) is 0 Å². The Kier molecular flexibility index (Phi) is 8.52. The molecule has 2 rings (SSSR count). The summed E-state index contributed by atoms with van der Waals surface area (Å²) in [6.07, 6.45) is -0.307. The van der Waals surface area contributed by atoms with E-state index >= 15 is 0 Å². The number of carbonyl (C=O) groups is 1. The SMILES string of the molecule is C=CC(=O)O[C@H](c1ccccc1OC)[C@@H](OCCOC)c1ccccc1OC. The number of benzene rings is 2. The van der Waals surface area contributed by atoms with Crippen LogP contribution in [-0.2, 0) is 19.0 Å². The molecule has 0 saturated carbocycles. The molecule has 2 atom stereocenters. The molecule has 6 heteroatoms. The molecule has 0 spiro atoms. The first kappa shape index (κ1) is 21.5. The lowest BCUT2D eigenvalue weighted by molar-refractivity contribution is -0.154. The topological polar surface area (TPSA) is 63.2 Å². The molecule has 0 amide bonds. The third-order valence-corrected chi connectivity index (χ3v) is 4.16. The van der Waals surface area contributed by atoms with Crippen LogP contribution in [0.3, 0.4) is 0 Å². The van der Waals surface area contributed by atoms with Crippen LogP contribution in [-0.4, -0.2) is 40.5 Å². The summed E-state index contributed by atoms with van der Waals surface area (Å²) in [5.74, 6) is 0.644. The molecule has 0 unspecified atom stereocenters. The number of hydrogen-bond acceptors (Lipinski definition) is 6. The first-order valence-electron chi connectivity index (χ1n) is 8.85. The number of esters is 1. The maximum atomic E-state index is 12.1. The minimum absolute atomic E-state index is 0.302. The van der Waals surface area contributed by atoms with Crippen molar-refractivity contribution in [3.8, 4) is 11.5 Å². The molecule has 0 aliphatic heterocycles. The fourth-order valence-corrected chi connectivity index (χ4v) is 2.86. The third-order valence-electron chi connectivity index (χ3n) is 4.16. The fourth-order valence-electron chi connectivity index (χ4n) is 2.86. The van der Waals surface area contributed by atoms with Gasteiger partial charge in [0.2, 0.25) is 0 Å². The first-order valence-corrected chi connectivity index (χ1v) is 8.85. The lowest BCUT2D eigenvalue weighted by atomic mass is 9.96. The molecule has 0 heterocycles. The van der Waals surface area contributed by atoms with Crippen LogP contribution in [0.25, 0.3) is 0 Å². The van der Waals surface area contributed by atoms with Crippen LogP contribution in [0.5, 0.6) is 11.5 Å². The van der Waals surface area contributed by atoms with Crippen molar-refractivity contribution in [2.45, 2.75) is 12.2 Å². The van der Waals surface area contributed by atoms with Crippen molar-refractivity contribution in [2.75, 3.05) is 34.5 Å². The van der Waals surface area contributed by atoms with Gasteiger partial charge < -0.3 is 23.7 Å². The van der Waals surface area contributed by atoms with Gasteiger partial charge in [0.05, 0.1) is 27.4 Å². The summed E-state index contributed by atoms with van der Waals surface area (Å²) in [5, 5.41) is 0. The first-order chi connectivity index (χ1) is 13.7. The Balaban J connectivity index is 2.56. The number of carbonyl (C=O) groups excluding carboxylic acids is 1. The Morgan fingerprint density at radius 3 is 1.93 bits per heavy atom. The number of methoxy groups -OCH3 is 3. The van der Waals surface area contributed by atoms with Crippen LogP contribution in [0.15, 0.2) is 61.2 Å². The van der Waals surface area contributed by atoms with Crippen LogP contribution in [0.4, 0.5) is 0 Å². The van der Waals surface area contributed by atoms with Crippen LogP contribution < -0.4 is 9.47 Å². The molecule has 0 N–H and O–H groups in total. The standard InChI is InChI=1S/C22H26O6/c1-5-20(23)28-22(17-11-7-9-13-19(17)26-4)21(27-15-14-24-2)16-10-6-8-12-18(16)25-3/h5-13,21-22H,1,14-15H2,2-4H3/t21-,22+/m0/s1. The van der Waals surface area contributed by atoms with E-state index in [1.807, 2.05) is 42.5 Å². The minimum atomic E-state index is -0.783. The summed E-state index contributed by atoms with van der Waals surface area (Å²) in [6.45, 7) is 4.19. The second kappa shape index (κ2) is 11.1. The van der Waals surface area contributed by atoms with Gasteiger partial charge in [-0.2, -0.15) is 0 Å². The predicted molar refractivity (Wildman–Crippen MR) is 106 cm³/mol. The van der Waals surface area contributed by atoms with Crippen molar-refractivity contribution in [3.63, 3.8) is 0 Å². The van der Waals surface area contributed by atoms with E-state index in [-0.39, 0.29) is 0 Å². The van der Waals surface area contributed by atoms with E-state index in [1.165, 1.54) is 0 Å². The molecule has 0 aliphatic carbocycles. The van der Waals surface area contributed by atoms with Gasteiger partial charge in [0.1, 0.15) is 17.6 Å². The Morgan fingerprint density at radius 2 is 1.43 bits per heavy atom. The molecular weight excluding hydrogens is 360 g/mol. The molecule has 150 valence electrons. The summed E-state index contributed by atoms with van der Waals surface area (Å²) >= 11 is 0. The van der Waals surface area contributed by atoms with E-state index < -0.39 is 18.2 Å². The van der Waals surface area contributed by atoms with Gasteiger partial charge in [0.15, 0.2) is 6.10 Å². The van der Waals surface area contributed by atoms with E-state index in [9.17, 15) is 4.79 Å². The van der Waals surface area contributed by atoms with E-state index in [2.05, 4.69) is 6.58 Å². The van der Waals surface area contributed by atoms with Crippen LogP contribution in [0, 0.1) is 0 Å². The van der Waals surface area contributed by atoms with Crippen molar-refractivity contribution in [2.24, 2.45) is 0 Å². The van der Waals surface area contributed by atoms with Crippen LogP contribution in [0.1, 0.15) is 23.3 Å². The van der Waals surface area contributed by atoms with Crippen molar-refractivity contribution in [3.05, 3.63) is 72.3 Å². The van der Waals surface area contributed by atoms with Gasteiger partial charge in [-0.3, -0.25) is 0 Å². The highest BCUT2D eigenvalue weighted by Gasteiger charge is 2.33. The molecule has 2 aromatic carbocycles. The van der Waals surface area contributed by atoms with Gasteiger partial charge in [0.25, 0.3) is 0 Å². The molecule has 6 nitrogen and oxygen atoms in total. The van der Waals surface area contributed by atoms with Crippen molar-refractivity contribution in [1.82, 2.24) is 0 Å². The normalized spacial score (nSPS) is 12.7. The summed E-state index contributed by atoms with van der Waals surface area (Å²) in [7, 11) is 4.74. The van der Waals surface area contributed by atoms with Gasteiger partial charge >= 0.3 is 5.97 Å². The second-order valence-electron chi connectivity index (χ2n) is 5.83. The highest BCUT2D eigenvalue weighted by atomic mass is 16.6. The largest absolute Gasteiger partial charge is 0.496 e. The number of para-hydroxylation sites is 2. The van der Waals surface area contributed by atoms with Gasteiger partial charge in [-0.1, -0.05) is 43.0 Å². The Hall–Kier alpha value is -2.83. The van der Waals surface area contributed by atoms with Gasteiger partial charge in [-0.15, -0.1) is 0 Å². The van der Waals surface area contributed by atoms with Crippen LogP contribution >= 0.6 is 0 Å². The van der Waals surface area contributed by atoms with E-state index in [4.69, 9.17) is 23.7 Å². The van der Waals surface area contributed by atoms with E-state index in [0.29, 0.717) is 30.3 Å². The maximum absolute atomic E-state index is 12.1. The number of ether oxygens (including phenoxy) is 5. The minimum Gasteiger partial charge on any atom is -0.496 e. The van der Waals surface area contributed by atoms with E-state index in [0.717, 1.165) is 11.6 Å². The number of rotatable bonds is 11. The molecule has 0 bridgehead atoms. The van der Waals surface area contributed by atoms with Crippen molar-refractivity contribution < 1.29 is 28.5 Å². The Morgan fingerprint density at radius 1 is 0.893 bits per heavy atom. The predicted octanol–water partition coefficient (Wildman–Crippen LogP) is 3.88. The van der Waals surface area contributed by atoms with Gasteiger partial charge in [-0.25, -0.2) is 4.79 Å². The highest BCUT2D eigenvalue weighted by molar-refractivity contribution is 5.81. The summed E-state index contributed by atoms with van der Waals surface area (Å²) in [6, 6.07) is 14.8. The maximum Gasteiger partial charge on any atom is 0.330 e. The molecule has 0 fully saturated rings. The molecule has 0 saturated heterocycles. The molecule has 2 aromatic rings. The quantitative estimate of drug-likeness (QED) is 0.332.